The van der Waals surface area contributed by atoms with Crippen LogP contribution < -0.4 is 5.11 Å². The zero-order valence-corrected chi connectivity index (χ0v) is 10.0. The molecular weight excluding hydrogens is 224 g/mol. The highest BCUT2D eigenvalue weighted by atomic mass is 32.2. The average molecular weight is 237 g/mol. The molecule has 0 saturated heterocycles. The van der Waals surface area contributed by atoms with Gasteiger partial charge in [0.15, 0.2) is 0 Å². The van der Waals surface area contributed by atoms with Crippen molar-refractivity contribution in [2.24, 2.45) is 0 Å². The van der Waals surface area contributed by atoms with Gasteiger partial charge in [-0.25, -0.2) is 0 Å². The molecule has 16 heavy (non-hydrogen) atoms. The molecular formula is C12H13O3S-. The minimum atomic E-state index is -1.15. The van der Waals surface area contributed by atoms with Crippen molar-refractivity contribution < 1.29 is 15.0 Å². The van der Waals surface area contributed by atoms with E-state index in [9.17, 15) is 15.0 Å². The lowest BCUT2D eigenvalue weighted by Crippen LogP contribution is -2.32. The Labute approximate surface area is 98.5 Å². The van der Waals surface area contributed by atoms with Gasteiger partial charge in [0.1, 0.15) is 0 Å². The number of hydrogen-bond acceptors (Lipinski definition) is 4. The van der Waals surface area contributed by atoms with Crippen molar-refractivity contribution in [3.05, 3.63) is 29.3 Å². The quantitative estimate of drug-likeness (QED) is 0.828. The zero-order valence-electron chi connectivity index (χ0n) is 9.19. The van der Waals surface area contributed by atoms with E-state index in [1.54, 1.807) is 26.0 Å². The molecule has 0 fully saturated rings. The summed E-state index contributed by atoms with van der Waals surface area (Å²) in [6.45, 7) is 3.49. The average Bonchev–Trinajstić information content (AvgIpc) is 2.59. The van der Waals surface area contributed by atoms with Gasteiger partial charge in [-0.3, -0.25) is 0 Å². The Morgan fingerprint density at radius 2 is 2.25 bits per heavy atom. The van der Waals surface area contributed by atoms with E-state index in [-0.39, 0.29) is 10.8 Å². The number of carbonyl (C=O) groups is 1. The van der Waals surface area contributed by atoms with Gasteiger partial charge >= 0.3 is 0 Å². The molecule has 0 saturated carbocycles. The number of benzene rings is 1. The first-order valence-corrected chi connectivity index (χ1v) is 6.00. The van der Waals surface area contributed by atoms with Crippen LogP contribution in [0.3, 0.4) is 0 Å². The Hall–Kier alpha value is -1.00. The molecule has 0 aromatic heterocycles. The number of carboxylic acid groups (broad SMARTS) is 1. The first-order valence-electron chi connectivity index (χ1n) is 5.12. The lowest BCUT2D eigenvalue weighted by molar-refractivity contribution is -0.255. The molecule has 3 nitrogen and oxygen atoms in total. The highest BCUT2D eigenvalue weighted by molar-refractivity contribution is 8.00. The van der Waals surface area contributed by atoms with Crippen LogP contribution in [0.15, 0.2) is 23.1 Å². The van der Waals surface area contributed by atoms with Gasteiger partial charge in [-0.05, 0) is 25.8 Å². The van der Waals surface area contributed by atoms with Gasteiger partial charge in [-0.1, -0.05) is 18.2 Å². The van der Waals surface area contributed by atoms with E-state index in [1.807, 2.05) is 6.07 Å². The summed E-state index contributed by atoms with van der Waals surface area (Å²) in [6, 6.07) is 5.17. The number of carboxylic acids is 1. The molecule has 0 bridgehead atoms. The van der Waals surface area contributed by atoms with Gasteiger partial charge in [0, 0.05) is 15.7 Å². The molecule has 1 N–H and O–H groups in total. The third-order valence-corrected chi connectivity index (χ3v) is 4.52. The third kappa shape index (κ3) is 1.95. The first kappa shape index (κ1) is 11.5. The summed E-state index contributed by atoms with van der Waals surface area (Å²) in [5, 5.41) is 20.9. The SMILES string of the molecule is CC(C)(O)C1Cc2cccc(C(=O)[O-])c2S1. The maximum Gasteiger partial charge on any atom is 0.0726 e. The Morgan fingerprint density at radius 3 is 2.81 bits per heavy atom. The minimum Gasteiger partial charge on any atom is -0.545 e. The maximum atomic E-state index is 10.9. The van der Waals surface area contributed by atoms with Gasteiger partial charge < -0.3 is 15.0 Å². The summed E-state index contributed by atoms with van der Waals surface area (Å²) in [6.07, 6.45) is 0.699. The number of hydrogen-bond donors (Lipinski definition) is 1. The Morgan fingerprint density at radius 1 is 1.56 bits per heavy atom. The van der Waals surface area contributed by atoms with Crippen molar-refractivity contribution >= 4 is 17.7 Å². The highest BCUT2D eigenvalue weighted by Gasteiger charge is 2.34. The van der Waals surface area contributed by atoms with Crippen molar-refractivity contribution in [1.29, 1.82) is 0 Å². The molecule has 0 radical (unpaired) electrons. The molecule has 1 unspecified atom stereocenters. The molecule has 4 heteroatoms. The van der Waals surface area contributed by atoms with Crippen molar-refractivity contribution in [3.63, 3.8) is 0 Å². The molecule has 1 heterocycles. The molecule has 86 valence electrons. The van der Waals surface area contributed by atoms with Crippen LogP contribution in [0.2, 0.25) is 0 Å². The molecule has 0 amide bonds. The van der Waals surface area contributed by atoms with Crippen LogP contribution in [-0.2, 0) is 6.42 Å². The lowest BCUT2D eigenvalue weighted by atomic mass is 9.98. The van der Waals surface area contributed by atoms with Gasteiger partial charge in [0.25, 0.3) is 0 Å². The van der Waals surface area contributed by atoms with Crippen molar-refractivity contribution in [2.75, 3.05) is 0 Å². The lowest BCUT2D eigenvalue weighted by Gasteiger charge is -2.24. The van der Waals surface area contributed by atoms with Crippen LogP contribution in [0.25, 0.3) is 0 Å². The number of aliphatic hydroxyl groups is 1. The van der Waals surface area contributed by atoms with Gasteiger partial charge in [-0.2, -0.15) is 0 Å². The van der Waals surface area contributed by atoms with Crippen LogP contribution in [0.4, 0.5) is 0 Å². The molecule has 1 aromatic rings. The summed E-state index contributed by atoms with van der Waals surface area (Å²) in [5.74, 6) is -1.15. The number of carbonyl (C=O) groups excluding carboxylic acids is 1. The molecule has 0 aliphatic carbocycles. The molecule has 1 aliphatic rings. The molecule has 1 aromatic carbocycles. The standard InChI is InChI=1S/C12H14O3S/c1-12(2,15)9-6-7-4-3-5-8(11(13)14)10(7)16-9/h3-5,9,15H,6H2,1-2H3,(H,13,14)/p-1. The topological polar surface area (TPSA) is 60.4 Å². The fourth-order valence-corrected chi connectivity index (χ4v) is 3.24. The molecule has 1 aliphatic heterocycles. The second-order valence-corrected chi connectivity index (χ2v) is 5.76. The van der Waals surface area contributed by atoms with E-state index in [2.05, 4.69) is 0 Å². The van der Waals surface area contributed by atoms with Crippen LogP contribution in [0.1, 0.15) is 29.8 Å². The van der Waals surface area contributed by atoms with Crippen LogP contribution in [0.5, 0.6) is 0 Å². The van der Waals surface area contributed by atoms with Crippen LogP contribution >= 0.6 is 11.8 Å². The zero-order chi connectivity index (χ0) is 11.9. The van der Waals surface area contributed by atoms with Gasteiger partial charge in [-0.15, -0.1) is 11.8 Å². The normalized spacial score (nSPS) is 19.6. The van der Waals surface area contributed by atoms with Crippen molar-refractivity contribution in [1.82, 2.24) is 0 Å². The minimum absolute atomic E-state index is 0.00278. The second kappa shape index (κ2) is 3.79. The second-order valence-electron chi connectivity index (χ2n) is 4.55. The predicted molar refractivity (Wildman–Crippen MR) is 60.4 cm³/mol. The van der Waals surface area contributed by atoms with Crippen LogP contribution in [0, 0.1) is 0 Å². The summed E-state index contributed by atoms with van der Waals surface area (Å²) in [7, 11) is 0. The first-order chi connectivity index (χ1) is 7.39. The van der Waals surface area contributed by atoms with E-state index in [4.69, 9.17) is 0 Å². The monoisotopic (exact) mass is 237 g/mol. The number of thioether (sulfide) groups is 1. The summed E-state index contributed by atoms with van der Waals surface area (Å²) >= 11 is 1.43. The van der Waals surface area contributed by atoms with Crippen LogP contribution in [-0.4, -0.2) is 21.9 Å². The van der Waals surface area contributed by atoms with Crippen molar-refractivity contribution in [3.8, 4) is 0 Å². The van der Waals surface area contributed by atoms with Gasteiger partial charge in [0.05, 0.1) is 11.6 Å². The number of aromatic carboxylic acids is 1. The molecule has 1 atom stereocenters. The summed E-state index contributed by atoms with van der Waals surface area (Å²) in [4.78, 5) is 11.7. The van der Waals surface area contributed by atoms with E-state index in [1.165, 1.54) is 11.8 Å². The van der Waals surface area contributed by atoms with E-state index in [0.29, 0.717) is 6.42 Å². The van der Waals surface area contributed by atoms with E-state index >= 15 is 0 Å². The highest BCUT2D eigenvalue weighted by Crippen LogP contribution is 2.43. The predicted octanol–water partition coefficient (Wildman–Crippen LogP) is 0.838. The largest absolute Gasteiger partial charge is 0.545 e. The summed E-state index contributed by atoms with van der Waals surface area (Å²) in [5.41, 5.74) is 0.403. The molecule has 0 spiro atoms. The Balaban J connectivity index is 2.38. The Bertz CT molecular complexity index is 434. The van der Waals surface area contributed by atoms with E-state index < -0.39 is 11.6 Å². The smallest absolute Gasteiger partial charge is 0.0726 e. The number of fused-ring (bicyclic) bond motifs is 1. The molecule has 2 rings (SSSR count). The fourth-order valence-electron chi connectivity index (χ4n) is 1.82. The Kier molecular flexibility index (Phi) is 2.72. The van der Waals surface area contributed by atoms with Gasteiger partial charge in [0.2, 0.25) is 0 Å². The third-order valence-electron chi connectivity index (χ3n) is 2.77. The summed E-state index contributed by atoms with van der Waals surface area (Å²) < 4.78 is 0. The van der Waals surface area contributed by atoms with Crippen molar-refractivity contribution in [2.45, 2.75) is 36.0 Å². The van der Waals surface area contributed by atoms with E-state index in [0.717, 1.165) is 10.5 Å². The fraction of sp³-hybridized carbons (Fsp3) is 0.417. The maximum absolute atomic E-state index is 10.9. The number of rotatable bonds is 2.